The Morgan fingerprint density at radius 2 is 2.18 bits per heavy atom. The van der Waals surface area contributed by atoms with Gasteiger partial charge in [0.05, 0.1) is 0 Å². The summed E-state index contributed by atoms with van der Waals surface area (Å²) in [7, 11) is 3.94. The molecule has 0 aliphatic rings. The molecule has 0 aromatic carbocycles. The number of hydrogen-bond acceptors (Lipinski definition) is 6. The Kier molecular flexibility index (Phi) is 5.30. The summed E-state index contributed by atoms with van der Waals surface area (Å²) >= 11 is 1.27. The first kappa shape index (κ1) is 13.9. The van der Waals surface area contributed by atoms with E-state index in [1.165, 1.54) is 11.3 Å². The van der Waals surface area contributed by atoms with E-state index in [1.54, 1.807) is 0 Å². The smallest absolute Gasteiger partial charge is 0.282 e. The molecule has 1 amide bonds. The number of amides is 1. The summed E-state index contributed by atoms with van der Waals surface area (Å²) in [5.74, 6) is -0.166. The minimum absolute atomic E-state index is 0.0870. The summed E-state index contributed by atoms with van der Waals surface area (Å²) in [6.07, 6.45) is 0. The Morgan fingerprint density at radius 1 is 1.47 bits per heavy atom. The van der Waals surface area contributed by atoms with Crippen LogP contribution in [0.1, 0.15) is 23.6 Å². The van der Waals surface area contributed by atoms with Crippen LogP contribution in [0.15, 0.2) is 0 Å². The quantitative estimate of drug-likeness (QED) is 0.783. The van der Waals surface area contributed by atoms with E-state index >= 15 is 0 Å². The van der Waals surface area contributed by atoms with Crippen molar-refractivity contribution in [1.29, 1.82) is 0 Å². The van der Waals surface area contributed by atoms with Crippen LogP contribution in [-0.2, 0) is 0 Å². The minimum Gasteiger partial charge on any atom is -0.360 e. The molecule has 0 radical (unpaired) electrons. The van der Waals surface area contributed by atoms with E-state index in [0.29, 0.717) is 10.1 Å². The van der Waals surface area contributed by atoms with E-state index in [-0.39, 0.29) is 11.9 Å². The summed E-state index contributed by atoms with van der Waals surface area (Å²) in [6.45, 7) is 5.50. The molecule has 96 valence electrons. The number of likely N-dealkylation sites (N-methyl/N-ethyl adjacent to an activating group) is 1. The highest BCUT2D eigenvalue weighted by Crippen LogP contribution is 2.14. The van der Waals surface area contributed by atoms with Crippen LogP contribution >= 0.6 is 11.3 Å². The lowest BCUT2D eigenvalue weighted by Gasteiger charge is -2.17. The molecule has 2 N–H and O–H groups in total. The molecule has 1 rings (SSSR count). The van der Waals surface area contributed by atoms with Crippen molar-refractivity contribution in [1.82, 2.24) is 20.4 Å². The van der Waals surface area contributed by atoms with Gasteiger partial charge in [0.1, 0.15) is 0 Å². The fourth-order valence-corrected chi connectivity index (χ4v) is 2.13. The van der Waals surface area contributed by atoms with Crippen molar-refractivity contribution in [2.75, 3.05) is 32.5 Å². The van der Waals surface area contributed by atoms with E-state index in [0.717, 1.165) is 13.1 Å². The van der Waals surface area contributed by atoms with Crippen molar-refractivity contribution >= 4 is 22.4 Å². The molecule has 1 atom stereocenters. The van der Waals surface area contributed by atoms with Crippen LogP contribution in [0.5, 0.6) is 0 Å². The zero-order valence-electron chi connectivity index (χ0n) is 10.6. The fraction of sp³-hybridized carbons (Fsp3) is 0.700. The van der Waals surface area contributed by atoms with Crippen LogP contribution in [0.2, 0.25) is 0 Å². The number of rotatable bonds is 6. The van der Waals surface area contributed by atoms with Gasteiger partial charge in [-0.2, -0.15) is 0 Å². The molecule has 0 fully saturated rings. The molecule has 0 saturated heterocycles. The van der Waals surface area contributed by atoms with Gasteiger partial charge in [-0.05, 0) is 27.9 Å². The number of aromatic nitrogens is 2. The Labute approximate surface area is 105 Å². The van der Waals surface area contributed by atoms with Gasteiger partial charge in [-0.15, -0.1) is 10.2 Å². The molecule has 0 saturated carbocycles. The molecular weight excluding hydrogens is 238 g/mol. The molecule has 1 unspecified atom stereocenters. The second-order valence-corrected chi connectivity index (χ2v) is 5.06. The monoisotopic (exact) mass is 257 g/mol. The number of carbonyl (C=O) groups is 1. The maximum absolute atomic E-state index is 11.8. The lowest BCUT2D eigenvalue weighted by molar-refractivity contribution is 0.0933. The first-order valence-electron chi connectivity index (χ1n) is 5.56. The predicted molar refractivity (Wildman–Crippen MR) is 69.6 cm³/mol. The van der Waals surface area contributed by atoms with Gasteiger partial charge in [0.25, 0.3) is 5.91 Å². The van der Waals surface area contributed by atoms with Crippen LogP contribution in [0.4, 0.5) is 5.13 Å². The molecule has 0 bridgehead atoms. The van der Waals surface area contributed by atoms with E-state index in [2.05, 4.69) is 20.8 Å². The van der Waals surface area contributed by atoms with Crippen molar-refractivity contribution in [3.8, 4) is 0 Å². The van der Waals surface area contributed by atoms with Gasteiger partial charge in [0, 0.05) is 19.1 Å². The van der Waals surface area contributed by atoms with Crippen molar-refractivity contribution in [3.05, 3.63) is 5.01 Å². The normalized spacial score (nSPS) is 12.5. The van der Waals surface area contributed by atoms with Gasteiger partial charge in [0.2, 0.25) is 10.1 Å². The van der Waals surface area contributed by atoms with E-state index in [1.807, 2.05) is 32.8 Å². The Bertz CT molecular complexity index is 365. The molecular formula is C10H19N5OS. The van der Waals surface area contributed by atoms with Gasteiger partial charge in [-0.25, -0.2) is 0 Å². The minimum atomic E-state index is -0.166. The van der Waals surface area contributed by atoms with Gasteiger partial charge in [0.15, 0.2) is 0 Å². The zero-order valence-corrected chi connectivity index (χ0v) is 11.5. The average molecular weight is 257 g/mol. The van der Waals surface area contributed by atoms with Crippen LogP contribution in [-0.4, -0.2) is 54.2 Å². The number of nitrogens with one attached hydrogen (secondary N) is 2. The van der Waals surface area contributed by atoms with Crippen LogP contribution in [0.25, 0.3) is 0 Å². The topological polar surface area (TPSA) is 70.1 Å². The summed E-state index contributed by atoms with van der Waals surface area (Å²) in [4.78, 5) is 13.8. The number of nitrogens with zero attached hydrogens (tertiary/aromatic N) is 3. The molecule has 6 nitrogen and oxygen atoms in total. The van der Waals surface area contributed by atoms with Crippen molar-refractivity contribution in [3.63, 3.8) is 0 Å². The standard InChI is InChI=1S/C10H19N5OS/c1-5-11-10-14-13-9(17-10)8(16)12-7(2)6-15(3)4/h7H,5-6H2,1-4H3,(H,11,14)(H,12,16). The molecule has 1 aromatic heterocycles. The molecule has 1 aromatic rings. The first-order chi connectivity index (χ1) is 8.02. The van der Waals surface area contributed by atoms with Crippen molar-refractivity contribution < 1.29 is 4.79 Å². The van der Waals surface area contributed by atoms with Gasteiger partial charge < -0.3 is 15.5 Å². The Morgan fingerprint density at radius 3 is 2.76 bits per heavy atom. The second-order valence-electron chi connectivity index (χ2n) is 4.08. The summed E-state index contributed by atoms with van der Waals surface area (Å²) in [6, 6.07) is 0.0870. The fourth-order valence-electron chi connectivity index (χ4n) is 1.42. The highest BCUT2D eigenvalue weighted by molar-refractivity contribution is 7.17. The summed E-state index contributed by atoms with van der Waals surface area (Å²) in [5.41, 5.74) is 0. The molecule has 0 aliphatic heterocycles. The number of hydrogen-bond donors (Lipinski definition) is 2. The molecule has 0 aliphatic carbocycles. The number of anilines is 1. The largest absolute Gasteiger partial charge is 0.360 e. The summed E-state index contributed by atoms with van der Waals surface area (Å²) in [5, 5.41) is 14.7. The van der Waals surface area contributed by atoms with Gasteiger partial charge >= 0.3 is 0 Å². The highest BCUT2D eigenvalue weighted by atomic mass is 32.1. The molecule has 7 heteroatoms. The van der Waals surface area contributed by atoms with Crippen molar-refractivity contribution in [2.45, 2.75) is 19.9 Å². The first-order valence-corrected chi connectivity index (χ1v) is 6.37. The highest BCUT2D eigenvalue weighted by Gasteiger charge is 2.15. The third-order valence-corrected chi connectivity index (χ3v) is 2.84. The zero-order chi connectivity index (χ0) is 12.8. The lowest BCUT2D eigenvalue weighted by Crippen LogP contribution is -2.39. The number of carbonyl (C=O) groups excluding carboxylic acids is 1. The van der Waals surface area contributed by atoms with E-state index < -0.39 is 0 Å². The maximum Gasteiger partial charge on any atom is 0.282 e. The van der Waals surface area contributed by atoms with Crippen LogP contribution < -0.4 is 10.6 Å². The third-order valence-electron chi connectivity index (χ3n) is 1.96. The third kappa shape index (κ3) is 4.66. The molecule has 1 heterocycles. The SMILES string of the molecule is CCNc1nnc(C(=O)NC(C)CN(C)C)s1. The van der Waals surface area contributed by atoms with Crippen LogP contribution in [0.3, 0.4) is 0 Å². The maximum atomic E-state index is 11.8. The summed E-state index contributed by atoms with van der Waals surface area (Å²) < 4.78 is 0. The van der Waals surface area contributed by atoms with Crippen molar-refractivity contribution in [2.24, 2.45) is 0 Å². The second kappa shape index (κ2) is 6.51. The molecule has 17 heavy (non-hydrogen) atoms. The average Bonchev–Trinajstić information content (AvgIpc) is 2.65. The van der Waals surface area contributed by atoms with Crippen LogP contribution in [0, 0.1) is 0 Å². The van der Waals surface area contributed by atoms with Gasteiger partial charge in [-0.3, -0.25) is 4.79 Å². The van der Waals surface area contributed by atoms with Gasteiger partial charge in [-0.1, -0.05) is 11.3 Å². The Balaban J connectivity index is 2.51. The predicted octanol–water partition coefficient (Wildman–Crippen LogP) is 0.650. The molecule has 0 spiro atoms. The Hall–Kier alpha value is -1.21. The van der Waals surface area contributed by atoms with E-state index in [4.69, 9.17) is 0 Å². The van der Waals surface area contributed by atoms with E-state index in [9.17, 15) is 4.79 Å². The lowest BCUT2D eigenvalue weighted by atomic mass is 10.3.